The molecule has 20 unspecified atom stereocenters. The van der Waals surface area contributed by atoms with Crippen LogP contribution in [0.2, 0.25) is 0 Å². The van der Waals surface area contributed by atoms with Crippen LogP contribution in [0.4, 0.5) is 0 Å². The molecule has 0 amide bonds. The Labute approximate surface area is 532 Å². The first-order chi connectivity index (χ1) is 41.2. The predicted octanol–water partition coefficient (Wildman–Crippen LogP) is 20.2. The maximum absolute atomic E-state index is 14.0. The maximum Gasteiger partial charge on any atom is 0.310 e. The van der Waals surface area contributed by atoms with Crippen molar-refractivity contribution in [2.24, 2.45) is 138 Å². The summed E-state index contributed by atoms with van der Waals surface area (Å²) in [4.78, 5) is 51.0. The van der Waals surface area contributed by atoms with Gasteiger partial charge in [0, 0.05) is 5.92 Å². The lowest BCUT2D eigenvalue weighted by molar-refractivity contribution is -0.199. The normalized spacial score (nSPS) is 45.5. The second-order valence-corrected chi connectivity index (χ2v) is 35.5. The van der Waals surface area contributed by atoms with Gasteiger partial charge < -0.3 is 20.4 Å². The summed E-state index contributed by atoms with van der Waals surface area (Å²) in [6.07, 6.45) is 35.4. The number of carbonyl (C=O) groups is 4. The third kappa shape index (κ3) is 9.75. The molecule has 0 bridgehead atoms. The van der Waals surface area contributed by atoms with Gasteiger partial charge in [0.05, 0.1) is 21.7 Å². The highest BCUT2D eigenvalue weighted by Crippen LogP contribution is 2.78. The van der Waals surface area contributed by atoms with E-state index in [0.29, 0.717) is 59.2 Å². The summed E-state index contributed by atoms with van der Waals surface area (Å²) in [7, 11) is 0. The van der Waals surface area contributed by atoms with Crippen LogP contribution in [0.25, 0.3) is 0 Å². The number of fused-ring (bicyclic) bond motifs is 12. The third-order valence-electron chi connectivity index (χ3n) is 30.6. The van der Waals surface area contributed by atoms with Crippen molar-refractivity contribution >= 4 is 23.9 Å². The van der Waals surface area contributed by atoms with Gasteiger partial charge in [0.1, 0.15) is 0 Å². The third-order valence-corrected chi connectivity index (χ3v) is 30.6. The summed E-state index contributed by atoms with van der Waals surface area (Å²) in [6.45, 7) is 36.6. The molecule has 7 fully saturated rings. The van der Waals surface area contributed by atoms with Crippen LogP contribution in [0, 0.1) is 138 Å². The van der Waals surface area contributed by atoms with Crippen molar-refractivity contribution in [1.29, 1.82) is 0 Å². The van der Waals surface area contributed by atoms with Gasteiger partial charge in [0.2, 0.25) is 0 Å². The van der Waals surface area contributed by atoms with Crippen molar-refractivity contribution < 1.29 is 39.6 Å². The zero-order chi connectivity index (χ0) is 64.0. The summed E-state index contributed by atoms with van der Waals surface area (Å²) in [5, 5.41) is 42.0. The molecular formula is C80H120O8. The van der Waals surface area contributed by atoms with Gasteiger partial charge in [-0.1, -0.05) is 173 Å². The van der Waals surface area contributed by atoms with Crippen LogP contribution in [0.5, 0.6) is 0 Å². The van der Waals surface area contributed by atoms with E-state index in [1.165, 1.54) is 62.5 Å². The second-order valence-electron chi connectivity index (χ2n) is 35.5. The quantitative estimate of drug-likeness (QED) is 0.176. The van der Waals surface area contributed by atoms with E-state index in [4.69, 9.17) is 0 Å². The molecule has 0 spiro atoms. The number of hydrogen-bond donors (Lipinski definition) is 4. The molecule has 13 aliphatic rings. The molecule has 0 heterocycles. The Bertz CT molecular complexity index is 2900. The molecule has 488 valence electrons. The molecule has 88 heavy (non-hydrogen) atoms. The van der Waals surface area contributed by atoms with Gasteiger partial charge in [-0.05, 0) is 271 Å². The number of rotatable bonds is 8. The van der Waals surface area contributed by atoms with E-state index in [-0.39, 0.29) is 57.2 Å². The van der Waals surface area contributed by atoms with Crippen LogP contribution < -0.4 is 0 Å². The van der Waals surface area contributed by atoms with Gasteiger partial charge in [0.25, 0.3) is 0 Å². The fraction of sp³-hybridized carbons (Fsp3) is 0.800. The molecule has 8 nitrogen and oxygen atoms in total. The number of aliphatic carboxylic acids is 4. The first-order valence-corrected chi connectivity index (χ1v) is 36.4. The zero-order valence-corrected chi connectivity index (χ0v) is 57.9. The summed E-state index contributed by atoms with van der Waals surface area (Å²) in [6, 6.07) is 0. The minimum absolute atomic E-state index is 0.0204. The van der Waals surface area contributed by atoms with Crippen molar-refractivity contribution in [2.75, 3.05) is 0 Å². The molecule has 20 atom stereocenters. The van der Waals surface area contributed by atoms with Gasteiger partial charge in [-0.15, -0.1) is 0 Å². The second kappa shape index (κ2) is 23.1. The van der Waals surface area contributed by atoms with Gasteiger partial charge in [-0.2, -0.15) is 0 Å². The molecular weight excluding hydrogens is 1090 g/mol. The summed E-state index contributed by atoms with van der Waals surface area (Å²) < 4.78 is 0. The Morgan fingerprint density at radius 1 is 0.420 bits per heavy atom. The van der Waals surface area contributed by atoms with E-state index in [9.17, 15) is 39.6 Å². The van der Waals surface area contributed by atoms with Crippen LogP contribution in [0.15, 0.2) is 68.9 Å². The van der Waals surface area contributed by atoms with Crippen LogP contribution in [0.1, 0.15) is 265 Å². The molecule has 0 aromatic rings. The number of carboxylic acids is 4. The van der Waals surface area contributed by atoms with Crippen molar-refractivity contribution in [3.63, 3.8) is 0 Å². The van der Waals surface area contributed by atoms with E-state index in [1.807, 2.05) is 13.8 Å². The Balaban J connectivity index is 0.000000152. The maximum atomic E-state index is 14.0. The lowest BCUT2D eigenvalue weighted by Crippen LogP contribution is -2.68. The molecule has 0 aromatic heterocycles. The molecule has 7 saturated carbocycles. The minimum atomic E-state index is -0.775. The Hall–Kier alpha value is -3.68. The number of hydrogen-bond acceptors (Lipinski definition) is 4. The van der Waals surface area contributed by atoms with Crippen molar-refractivity contribution in [2.45, 2.75) is 265 Å². The van der Waals surface area contributed by atoms with Crippen LogP contribution in [-0.4, -0.2) is 44.3 Å². The SMILES string of the molecule is CC(C)C1=C2C3CC4C(C)(C(=O)O)CCCC4(C)C4CCC(C(C)C)=C(C34)C3C2C(CC1)C1(C)CCCCC1C3(C)C(=O)O.CC(C)C1=CC2=CCC3C(C)(C(=O)O)CCCC3(C)C2CC1.CC(C)C1=CC2=CCC3C(C)(C(=O)O)CCCC3(C)C2CC1. The van der Waals surface area contributed by atoms with Crippen LogP contribution >= 0.6 is 0 Å². The average Bonchev–Trinajstić information content (AvgIpc) is 0.666. The summed E-state index contributed by atoms with van der Waals surface area (Å²) in [5.74, 6) is 3.92. The Morgan fingerprint density at radius 3 is 1.26 bits per heavy atom. The standard InChI is InChI=1S/C40H60O4.2C20H30O2/c1-21(2)23-13-16-27-33-30(23)25-20-29-38(6,18-11-19-39(29,7)35(41)42)26-15-14-24(22(3)4)32(31(25)26)34(33)40(8,36(43)44)28-12-9-10-17-37(27,28)5;2*1-13(2)14-6-8-16-15(12-14)7-9-17-19(16,3)10-5-11-20(17,4)18(21)22/h21-22,25-29,31,33-34H,9-20H2,1-8H3,(H,41,42)(H,43,44);2*7,12-13,16-17H,5-6,8-11H2,1-4H3,(H,21,22). The average molecular weight is 1210 g/mol. The van der Waals surface area contributed by atoms with E-state index in [1.54, 1.807) is 33.4 Å². The van der Waals surface area contributed by atoms with Gasteiger partial charge in [-0.3, -0.25) is 19.2 Å². The largest absolute Gasteiger partial charge is 0.481 e. The number of allylic oxidation sites excluding steroid dienone is 12. The van der Waals surface area contributed by atoms with E-state index in [2.05, 4.69) is 121 Å². The fourth-order valence-electron chi connectivity index (χ4n) is 25.9. The fourth-order valence-corrected chi connectivity index (χ4v) is 25.9. The molecule has 0 saturated heterocycles. The highest BCUT2D eigenvalue weighted by Gasteiger charge is 2.73. The highest BCUT2D eigenvalue weighted by atomic mass is 16.4. The van der Waals surface area contributed by atoms with Crippen LogP contribution in [-0.2, 0) is 19.2 Å². The molecule has 13 aliphatic carbocycles. The van der Waals surface area contributed by atoms with E-state index >= 15 is 0 Å². The first-order valence-electron chi connectivity index (χ1n) is 36.4. The van der Waals surface area contributed by atoms with Gasteiger partial charge in [-0.25, -0.2) is 0 Å². The smallest absolute Gasteiger partial charge is 0.310 e. The minimum Gasteiger partial charge on any atom is -0.481 e. The molecule has 4 N–H and O–H groups in total. The molecule has 8 heteroatoms. The first kappa shape index (κ1) is 65.8. The zero-order valence-electron chi connectivity index (χ0n) is 57.9. The Morgan fingerprint density at radius 2 is 0.830 bits per heavy atom. The topological polar surface area (TPSA) is 149 Å². The van der Waals surface area contributed by atoms with Crippen molar-refractivity contribution in [3.05, 3.63) is 68.9 Å². The molecule has 0 aliphatic heterocycles. The van der Waals surface area contributed by atoms with Crippen LogP contribution in [0.3, 0.4) is 0 Å². The molecule has 13 rings (SSSR count). The lowest BCUT2D eigenvalue weighted by atomic mass is 9.31. The van der Waals surface area contributed by atoms with E-state index < -0.39 is 45.5 Å². The van der Waals surface area contributed by atoms with Crippen molar-refractivity contribution in [3.8, 4) is 0 Å². The number of carboxylic acid groups (broad SMARTS) is 4. The molecule has 0 aromatic carbocycles. The highest BCUT2D eigenvalue weighted by molar-refractivity contribution is 5.78. The Kier molecular flexibility index (Phi) is 17.3. The molecule has 0 radical (unpaired) electrons. The lowest BCUT2D eigenvalue weighted by Gasteiger charge is -2.72. The predicted molar refractivity (Wildman–Crippen MR) is 354 cm³/mol. The summed E-state index contributed by atoms with van der Waals surface area (Å²) in [5.41, 5.74) is 10.4. The monoisotopic (exact) mass is 1210 g/mol. The van der Waals surface area contributed by atoms with Gasteiger partial charge >= 0.3 is 23.9 Å². The van der Waals surface area contributed by atoms with Crippen molar-refractivity contribution in [1.82, 2.24) is 0 Å². The summed E-state index contributed by atoms with van der Waals surface area (Å²) >= 11 is 0. The van der Waals surface area contributed by atoms with Gasteiger partial charge in [0.15, 0.2) is 0 Å². The van der Waals surface area contributed by atoms with E-state index in [0.717, 1.165) is 103 Å².